The average molecular weight is 284 g/mol. The average Bonchev–Trinajstić information content (AvgIpc) is 2.24. The van der Waals surface area contributed by atoms with Crippen LogP contribution in [0.1, 0.15) is 47.0 Å². The first kappa shape index (κ1) is 17.4. The van der Waals surface area contributed by atoms with Gasteiger partial charge in [-0.15, -0.1) is 0 Å². The van der Waals surface area contributed by atoms with Gasteiger partial charge in [0.2, 0.25) is 5.91 Å². The van der Waals surface area contributed by atoms with Crippen molar-refractivity contribution in [1.29, 1.82) is 0 Å². The van der Waals surface area contributed by atoms with Crippen LogP contribution in [0.15, 0.2) is 0 Å². The van der Waals surface area contributed by atoms with Crippen LogP contribution >= 0.6 is 0 Å². The quantitative estimate of drug-likeness (QED) is 0.704. The Morgan fingerprint density at radius 3 is 2.05 bits per heavy atom. The van der Waals surface area contributed by atoms with Gasteiger partial charge in [0.05, 0.1) is 13.2 Å². The van der Waals surface area contributed by atoms with Crippen LogP contribution in [0, 0.1) is 11.8 Å². The molecule has 0 aromatic heterocycles. The molecule has 4 nitrogen and oxygen atoms in total. The summed E-state index contributed by atoms with van der Waals surface area (Å²) in [7, 11) is 0. The fraction of sp³-hybridized carbons (Fsp3) is 0.938. The fourth-order valence-electron chi connectivity index (χ4n) is 2.70. The highest BCUT2D eigenvalue weighted by atomic mass is 16.3. The summed E-state index contributed by atoms with van der Waals surface area (Å²) in [6.45, 7) is 11.5. The van der Waals surface area contributed by atoms with E-state index in [0.717, 1.165) is 13.1 Å². The van der Waals surface area contributed by atoms with Gasteiger partial charge in [-0.3, -0.25) is 9.69 Å². The summed E-state index contributed by atoms with van der Waals surface area (Å²) >= 11 is 0. The molecule has 1 amide bonds. The minimum absolute atomic E-state index is 0.137. The molecule has 0 unspecified atom stereocenters. The fourth-order valence-corrected chi connectivity index (χ4v) is 2.70. The number of rotatable bonds is 9. The van der Waals surface area contributed by atoms with Crippen molar-refractivity contribution in [2.45, 2.75) is 53.0 Å². The number of aliphatic hydroxyl groups excluding tert-OH is 1. The second-order valence-corrected chi connectivity index (χ2v) is 6.87. The maximum atomic E-state index is 12.5. The number of carbonyl (C=O) groups excluding carboxylic acids is 1. The highest BCUT2D eigenvalue weighted by Crippen LogP contribution is 2.24. The van der Waals surface area contributed by atoms with Crippen molar-refractivity contribution < 1.29 is 9.90 Å². The first-order chi connectivity index (χ1) is 9.43. The zero-order chi connectivity index (χ0) is 15.1. The number of hydrogen-bond donors (Lipinski definition) is 1. The lowest BCUT2D eigenvalue weighted by Crippen LogP contribution is -2.49. The highest BCUT2D eigenvalue weighted by molar-refractivity contribution is 5.78. The van der Waals surface area contributed by atoms with Gasteiger partial charge < -0.3 is 10.0 Å². The van der Waals surface area contributed by atoms with Gasteiger partial charge in [0.15, 0.2) is 0 Å². The van der Waals surface area contributed by atoms with Crippen LogP contribution in [-0.2, 0) is 4.79 Å². The molecule has 1 aliphatic carbocycles. The van der Waals surface area contributed by atoms with E-state index in [9.17, 15) is 9.90 Å². The summed E-state index contributed by atoms with van der Waals surface area (Å²) < 4.78 is 0. The van der Waals surface area contributed by atoms with Crippen LogP contribution in [0.4, 0.5) is 0 Å². The standard InChI is InChI=1S/C16H32N2O2/c1-13(2)10-18(11-14(3)4)16(20)12-17(8-9-19)15-6-5-7-15/h13-15,19H,5-12H2,1-4H3. The Labute approximate surface area is 124 Å². The molecule has 0 bridgehead atoms. The summed E-state index contributed by atoms with van der Waals surface area (Å²) in [5.41, 5.74) is 0. The largest absolute Gasteiger partial charge is 0.395 e. The van der Waals surface area contributed by atoms with Crippen LogP contribution in [-0.4, -0.2) is 59.6 Å². The molecule has 1 saturated carbocycles. The van der Waals surface area contributed by atoms with E-state index in [1.54, 1.807) is 0 Å². The van der Waals surface area contributed by atoms with E-state index >= 15 is 0 Å². The van der Waals surface area contributed by atoms with E-state index in [1.807, 2.05) is 4.90 Å². The molecule has 1 rings (SSSR count). The van der Waals surface area contributed by atoms with Crippen LogP contribution in [0.2, 0.25) is 0 Å². The van der Waals surface area contributed by atoms with Gasteiger partial charge in [-0.05, 0) is 24.7 Å². The molecule has 0 radical (unpaired) electrons. The zero-order valence-corrected chi connectivity index (χ0v) is 13.6. The van der Waals surface area contributed by atoms with Gasteiger partial charge in [0.25, 0.3) is 0 Å². The second-order valence-electron chi connectivity index (χ2n) is 6.87. The van der Waals surface area contributed by atoms with Gasteiger partial charge >= 0.3 is 0 Å². The Balaban J connectivity index is 2.56. The van der Waals surface area contributed by atoms with E-state index in [1.165, 1.54) is 19.3 Å². The van der Waals surface area contributed by atoms with E-state index < -0.39 is 0 Å². The molecule has 1 aliphatic rings. The lowest BCUT2D eigenvalue weighted by atomic mass is 9.91. The Bertz CT molecular complexity index is 278. The molecule has 118 valence electrons. The lowest BCUT2D eigenvalue weighted by molar-refractivity contribution is -0.134. The highest BCUT2D eigenvalue weighted by Gasteiger charge is 2.27. The maximum Gasteiger partial charge on any atom is 0.236 e. The molecular weight excluding hydrogens is 252 g/mol. The Hall–Kier alpha value is -0.610. The minimum Gasteiger partial charge on any atom is -0.395 e. The normalized spacial score (nSPS) is 16.0. The molecule has 0 heterocycles. The van der Waals surface area contributed by atoms with Crippen LogP contribution in [0.25, 0.3) is 0 Å². The molecule has 0 spiro atoms. The topological polar surface area (TPSA) is 43.8 Å². The molecule has 20 heavy (non-hydrogen) atoms. The van der Waals surface area contributed by atoms with Crippen LogP contribution in [0.3, 0.4) is 0 Å². The van der Waals surface area contributed by atoms with Crippen molar-refractivity contribution >= 4 is 5.91 Å². The smallest absolute Gasteiger partial charge is 0.236 e. The van der Waals surface area contributed by atoms with Crippen molar-refractivity contribution in [3.05, 3.63) is 0 Å². The Kier molecular flexibility index (Phi) is 7.52. The van der Waals surface area contributed by atoms with E-state index in [-0.39, 0.29) is 12.5 Å². The Morgan fingerprint density at radius 2 is 1.70 bits per heavy atom. The maximum absolute atomic E-state index is 12.5. The predicted octanol–water partition coefficient (Wildman–Crippen LogP) is 1.97. The van der Waals surface area contributed by atoms with Gasteiger partial charge in [0, 0.05) is 25.7 Å². The second kappa shape index (κ2) is 8.63. The zero-order valence-electron chi connectivity index (χ0n) is 13.6. The van der Waals surface area contributed by atoms with E-state index in [2.05, 4.69) is 32.6 Å². The van der Waals surface area contributed by atoms with Crippen molar-refractivity contribution in [1.82, 2.24) is 9.80 Å². The predicted molar refractivity (Wildman–Crippen MR) is 82.6 cm³/mol. The third kappa shape index (κ3) is 5.80. The van der Waals surface area contributed by atoms with Gasteiger partial charge in [-0.1, -0.05) is 34.1 Å². The summed E-state index contributed by atoms with van der Waals surface area (Å²) in [6, 6.07) is 0.506. The summed E-state index contributed by atoms with van der Waals surface area (Å²) in [6.07, 6.45) is 3.59. The van der Waals surface area contributed by atoms with Crippen molar-refractivity contribution in [2.24, 2.45) is 11.8 Å². The van der Waals surface area contributed by atoms with E-state index in [4.69, 9.17) is 0 Å². The molecule has 0 aliphatic heterocycles. The van der Waals surface area contributed by atoms with E-state index in [0.29, 0.717) is 31.0 Å². The van der Waals surface area contributed by atoms with Gasteiger partial charge in [-0.25, -0.2) is 0 Å². The molecule has 0 aromatic rings. The monoisotopic (exact) mass is 284 g/mol. The number of amides is 1. The molecule has 0 saturated heterocycles. The molecular formula is C16H32N2O2. The van der Waals surface area contributed by atoms with Gasteiger partial charge in [0.1, 0.15) is 0 Å². The van der Waals surface area contributed by atoms with Crippen molar-refractivity contribution in [3.8, 4) is 0 Å². The van der Waals surface area contributed by atoms with Crippen LogP contribution < -0.4 is 0 Å². The SMILES string of the molecule is CC(C)CN(CC(C)C)C(=O)CN(CCO)C1CCC1. The minimum atomic E-state index is 0.137. The molecule has 0 aromatic carbocycles. The number of hydrogen-bond acceptors (Lipinski definition) is 3. The summed E-state index contributed by atoms with van der Waals surface area (Å²) in [5.74, 6) is 1.20. The van der Waals surface area contributed by atoms with Gasteiger partial charge in [-0.2, -0.15) is 0 Å². The summed E-state index contributed by atoms with van der Waals surface area (Å²) in [5, 5.41) is 9.18. The molecule has 1 N–H and O–H groups in total. The Morgan fingerprint density at radius 1 is 1.15 bits per heavy atom. The molecule has 4 heteroatoms. The number of aliphatic hydroxyl groups is 1. The van der Waals surface area contributed by atoms with Crippen molar-refractivity contribution in [2.75, 3.05) is 32.8 Å². The lowest BCUT2D eigenvalue weighted by Gasteiger charge is -2.38. The third-order valence-electron chi connectivity index (χ3n) is 3.84. The first-order valence-electron chi connectivity index (χ1n) is 8.06. The number of carbonyl (C=O) groups is 1. The van der Waals surface area contributed by atoms with Crippen molar-refractivity contribution in [3.63, 3.8) is 0 Å². The molecule has 0 atom stereocenters. The first-order valence-corrected chi connectivity index (χ1v) is 8.06. The number of nitrogens with zero attached hydrogens (tertiary/aromatic N) is 2. The van der Waals surface area contributed by atoms with Crippen LogP contribution in [0.5, 0.6) is 0 Å². The summed E-state index contributed by atoms with van der Waals surface area (Å²) in [4.78, 5) is 16.7. The molecule has 1 fully saturated rings. The third-order valence-corrected chi connectivity index (χ3v) is 3.84.